The molecule has 0 aliphatic rings. The van der Waals surface area contributed by atoms with Gasteiger partial charge in [0.1, 0.15) is 5.54 Å². The lowest BCUT2D eigenvalue weighted by atomic mass is 9.93. The van der Waals surface area contributed by atoms with Gasteiger partial charge < -0.3 is 9.63 Å². The van der Waals surface area contributed by atoms with Gasteiger partial charge in [-0.1, -0.05) is 25.9 Å². The molecule has 0 spiro atoms. The Morgan fingerprint density at radius 2 is 2.06 bits per heavy atom. The molecule has 0 saturated carbocycles. The van der Waals surface area contributed by atoms with Gasteiger partial charge in [-0.3, -0.25) is 10.1 Å². The van der Waals surface area contributed by atoms with Crippen LogP contribution in [0.3, 0.4) is 0 Å². The van der Waals surface area contributed by atoms with E-state index in [2.05, 4.69) is 15.5 Å². The fourth-order valence-corrected chi connectivity index (χ4v) is 1.81. The van der Waals surface area contributed by atoms with Crippen molar-refractivity contribution in [1.29, 1.82) is 0 Å². The summed E-state index contributed by atoms with van der Waals surface area (Å²) in [5.74, 6) is 0.259. The van der Waals surface area contributed by atoms with Gasteiger partial charge in [0.25, 0.3) is 0 Å². The van der Waals surface area contributed by atoms with Crippen LogP contribution in [0.25, 0.3) is 0 Å². The molecule has 18 heavy (non-hydrogen) atoms. The average Bonchev–Trinajstić information content (AvgIpc) is 2.79. The maximum atomic E-state index is 11.3. The first-order valence-electron chi connectivity index (χ1n) is 6.37. The van der Waals surface area contributed by atoms with E-state index in [0.29, 0.717) is 24.6 Å². The highest BCUT2D eigenvalue weighted by atomic mass is 16.5. The number of aliphatic carboxylic acids is 1. The molecule has 1 aromatic rings. The van der Waals surface area contributed by atoms with Crippen molar-refractivity contribution in [1.82, 2.24) is 15.5 Å². The molecule has 6 heteroatoms. The summed E-state index contributed by atoms with van der Waals surface area (Å²) in [6, 6.07) is 0. The second-order valence-corrected chi connectivity index (χ2v) is 4.30. The minimum absolute atomic E-state index is 0.282. The SMILES string of the molecule is CCCc1noc(CNC(CC)(CC)C(=O)O)n1. The third kappa shape index (κ3) is 3.29. The number of carboxylic acids is 1. The summed E-state index contributed by atoms with van der Waals surface area (Å²) < 4.78 is 5.06. The lowest BCUT2D eigenvalue weighted by molar-refractivity contribution is -0.145. The van der Waals surface area contributed by atoms with Crippen molar-refractivity contribution in [3.8, 4) is 0 Å². The van der Waals surface area contributed by atoms with Gasteiger partial charge >= 0.3 is 5.97 Å². The van der Waals surface area contributed by atoms with Crippen molar-refractivity contribution in [3.05, 3.63) is 11.7 Å². The minimum atomic E-state index is -0.917. The fraction of sp³-hybridized carbons (Fsp3) is 0.750. The first kappa shape index (κ1) is 14.6. The van der Waals surface area contributed by atoms with Gasteiger partial charge in [0.05, 0.1) is 6.54 Å². The van der Waals surface area contributed by atoms with Crippen molar-refractivity contribution in [3.63, 3.8) is 0 Å². The summed E-state index contributed by atoms with van der Waals surface area (Å²) in [7, 11) is 0. The predicted octanol–water partition coefficient (Wildman–Crippen LogP) is 1.76. The molecule has 0 amide bonds. The second-order valence-electron chi connectivity index (χ2n) is 4.30. The number of carbonyl (C=O) groups is 1. The van der Waals surface area contributed by atoms with Gasteiger partial charge in [-0.05, 0) is 19.3 Å². The lowest BCUT2D eigenvalue weighted by Gasteiger charge is -2.27. The second kappa shape index (κ2) is 6.49. The summed E-state index contributed by atoms with van der Waals surface area (Å²) in [6.45, 7) is 6.02. The predicted molar refractivity (Wildman–Crippen MR) is 66.1 cm³/mol. The molecule has 102 valence electrons. The molecule has 0 aliphatic heterocycles. The summed E-state index contributed by atoms with van der Waals surface area (Å²) >= 11 is 0. The highest BCUT2D eigenvalue weighted by Gasteiger charge is 2.34. The Bertz CT molecular complexity index is 386. The molecule has 0 aromatic carbocycles. The lowest BCUT2D eigenvalue weighted by Crippen LogP contribution is -2.50. The quantitative estimate of drug-likeness (QED) is 0.735. The van der Waals surface area contributed by atoms with E-state index in [-0.39, 0.29) is 6.54 Å². The Morgan fingerprint density at radius 1 is 1.39 bits per heavy atom. The topological polar surface area (TPSA) is 88.2 Å². The number of nitrogens with one attached hydrogen (secondary N) is 1. The standard InChI is InChI=1S/C12H21N3O3/c1-4-7-9-14-10(18-15-9)8-13-12(5-2,6-3)11(16)17/h13H,4-8H2,1-3H3,(H,16,17). The zero-order valence-corrected chi connectivity index (χ0v) is 11.2. The van der Waals surface area contributed by atoms with E-state index in [9.17, 15) is 9.90 Å². The minimum Gasteiger partial charge on any atom is -0.480 e. The molecule has 0 radical (unpaired) electrons. The van der Waals surface area contributed by atoms with E-state index in [1.807, 2.05) is 20.8 Å². The fourth-order valence-electron chi connectivity index (χ4n) is 1.81. The van der Waals surface area contributed by atoms with Crippen molar-refractivity contribution in [2.75, 3.05) is 0 Å². The molecule has 1 aromatic heterocycles. The maximum absolute atomic E-state index is 11.3. The van der Waals surface area contributed by atoms with Crippen LogP contribution in [0.15, 0.2) is 4.52 Å². The first-order chi connectivity index (χ1) is 8.57. The monoisotopic (exact) mass is 255 g/mol. The molecule has 1 rings (SSSR count). The van der Waals surface area contributed by atoms with Crippen molar-refractivity contribution in [2.24, 2.45) is 0 Å². The highest BCUT2D eigenvalue weighted by molar-refractivity contribution is 5.78. The molecule has 0 aliphatic carbocycles. The van der Waals surface area contributed by atoms with Gasteiger partial charge in [0.2, 0.25) is 5.89 Å². The Kier molecular flexibility index (Phi) is 5.27. The molecule has 0 saturated heterocycles. The van der Waals surface area contributed by atoms with Gasteiger partial charge in [-0.2, -0.15) is 4.98 Å². The zero-order valence-electron chi connectivity index (χ0n) is 11.2. The largest absolute Gasteiger partial charge is 0.480 e. The number of aromatic nitrogens is 2. The summed E-state index contributed by atoms with van der Waals surface area (Å²) in [5, 5.41) is 16.1. The molecule has 1 heterocycles. The third-order valence-corrected chi connectivity index (χ3v) is 3.18. The van der Waals surface area contributed by atoms with Crippen LogP contribution in [0.4, 0.5) is 0 Å². The number of nitrogens with zero attached hydrogens (tertiary/aromatic N) is 2. The van der Waals surface area contributed by atoms with Crippen LogP contribution in [0.2, 0.25) is 0 Å². The number of hydrogen-bond acceptors (Lipinski definition) is 5. The summed E-state index contributed by atoms with van der Waals surface area (Å²) in [4.78, 5) is 15.5. The number of carboxylic acid groups (broad SMARTS) is 1. The number of hydrogen-bond donors (Lipinski definition) is 2. The highest BCUT2D eigenvalue weighted by Crippen LogP contribution is 2.16. The molecule has 0 bridgehead atoms. The van der Waals surface area contributed by atoms with Gasteiger partial charge in [0, 0.05) is 6.42 Å². The Balaban J connectivity index is 2.64. The maximum Gasteiger partial charge on any atom is 0.323 e. The van der Waals surface area contributed by atoms with E-state index < -0.39 is 11.5 Å². The van der Waals surface area contributed by atoms with Crippen LogP contribution in [0, 0.1) is 0 Å². The van der Waals surface area contributed by atoms with Crippen LogP contribution in [-0.4, -0.2) is 26.8 Å². The van der Waals surface area contributed by atoms with Crippen molar-refractivity contribution < 1.29 is 14.4 Å². The molecule has 0 atom stereocenters. The molecule has 0 fully saturated rings. The van der Waals surface area contributed by atoms with Crippen LogP contribution < -0.4 is 5.32 Å². The normalized spacial score (nSPS) is 11.7. The Labute approximate surface area is 107 Å². The van der Waals surface area contributed by atoms with Gasteiger partial charge in [-0.15, -0.1) is 0 Å². The molecular weight excluding hydrogens is 234 g/mol. The molecular formula is C12H21N3O3. The summed E-state index contributed by atoms with van der Waals surface area (Å²) in [5.41, 5.74) is -0.917. The average molecular weight is 255 g/mol. The van der Waals surface area contributed by atoms with Crippen LogP contribution in [0.1, 0.15) is 51.7 Å². The molecule has 6 nitrogen and oxygen atoms in total. The van der Waals surface area contributed by atoms with E-state index in [4.69, 9.17) is 4.52 Å². The van der Waals surface area contributed by atoms with Crippen LogP contribution in [-0.2, 0) is 17.8 Å². The van der Waals surface area contributed by atoms with Gasteiger partial charge in [0.15, 0.2) is 5.82 Å². The van der Waals surface area contributed by atoms with E-state index in [0.717, 1.165) is 12.8 Å². The van der Waals surface area contributed by atoms with Crippen molar-refractivity contribution >= 4 is 5.97 Å². The Hall–Kier alpha value is -1.43. The first-order valence-corrected chi connectivity index (χ1v) is 6.37. The summed E-state index contributed by atoms with van der Waals surface area (Å²) in [6.07, 6.45) is 2.74. The smallest absolute Gasteiger partial charge is 0.323 e. The van der Waals surface area contributed by atoms with Gasteiger partial charge in [-0.25, -0.2) is 0 Å². The molecule has 2 N–H and O–H groups in total. The Morgan fingerprint density at radius 3 is 2.56 bits per heavy atom. The van der Waals surface area contributed by atoms with E-state index >= 15 is 0 Å². The third-order valence-electron chi connectivity index (χ3n) is 3.18. The molecule has 0 unspecified atom stereocenters. The van der Waals surface area contributed by atoms with E-state index in [1.54, 1.807) is 0 Å². The van der Waals surface area contributed by atoms with E-state index in [1.165, 1.54) is 0 Å². The zero-order chi connectivity index (χ0) is 13.6. The van der Waals surface area contributed by atoms with Crippen LogP contribution in [0.5, 0.6) is 0 Å². The number of aryl methyl sites for hydroxylation is 1. The number of rotatable bonds is 8. The van der Waals surface area contributed by atoms with Crippen molar-refractivity contribution in [2.45, 2.75) is 58.5 Å². The van der Waals surface area contributed by atoms with Crippen LogP contribution >= 0.6 is 0 Å².